The lowest BCUT2D eigenvalue weighted by Crippen LogP contribution is -2.15. The van der Waals surface area contributed by atoms with Gasteiger partial charge in [0.05, 0.1) is 10.6 Å². The molecule has 0 saturated carbocycles. The molecule has 0 aromatic heterocycles. The number of benzene rings is 2. The number of epoxide rings is 1. The number of ketones is 1. The summed E-state index contributed by atoms with van der Waals surface area (Å²) in [5, 5.41) is 3.14. The van der Waals surface area contributed by atoms with Crippen LogP contribution in [0, 0.1) is 0 Å². The highest BCUT2D eigenvalue weighted by atomic mass is 35.5. The predicted molar refractivity (Wildman–Crippen MR) is 84.1 cm³/mol. The number of anilines is 1. The van der Waals surface area contributed by atoms with Crippen LogP contribution in [-0.2, 0) is 9.53 Å². The maximum absolute atomic E-state index is 12.5. The lowest BCUT2D eigenvalue weighted by Gasteiger charge is -2.10. The Bertz CT molecular complexity index is 730. The van der Waals surface area contributed by atoms with Gasteiger partial charge in [0.1, 0.15) is 12.2 Å². The lowest BCUT2D eigenvalue weighted by atomic mass is 10.0. The van der Waals surface area contributed by atoms with Crippen LogP contribution in [0.3, 0.4) is 0 Å². The van der Waals surface area contributed by atoms with Crippen LogP contribution in [0.4, 0.5) is 5.69 Å². The van der Waals surface area contributed by atoms with Crippen LogP contribution in [0.15, 0.2) is 48.5 Å². The summed E-state index contributed by atoms with van der Waals surface area (Å²) in [4.78, 5) is 23.9. The minimum Gasteiger partial charge on any atom is -0.356 e. The van der Waals surface area contributed by atoms with E-state index in [1.807, 2.05) is 18.2 Å². The Morgan fingerprint density at radius 2 is 1.82 bits per heavy atom. The first-order valence-electron chi connectivity index (χ1n) is 6.88. The van der Waals surface area contributed by atoms with E-state index in [0.29, 0.717) is 21.8 Å². The summed E-state index contributed by atoms with van der Waals surface area (Å²) in [6.45, 7) is 1.47. The molecule has 0 spiro atoms. The molecule has 1 fully saturated rings. The number of hydrogen-bond acceptors (Lipinski definition) is 3. The van der Waals surface area contributed by atoms with Crippen LogP contribution >= 0.6 is 11.6 Å². The fraction of sp³-hybridized carbons (Fsp3) is 0.176. The van der Waals surface area contributed by atoms with Crippen molar-refractivity contribution in [2.24, 2.45) is 0 Å². The molecule has 2 aromatic carbocycles. The van der Waals surface area contributed by atoms with Crippen molar-refractivity contribution in [3.8, 4) is 0 Å². The molecule has 3 rings (SSSR count). The van der Waals surface area contributed by atoms with Crippen molar-refractivity contribution in [1.82, 2.24) is 0 Å². The second-order valence-corrected chi connectivity index (χ2v) is 5.52. The van der Waals surface area contributed by atoms with E-state index in [0.717, 1.165) is 0 Å². The molecule has 0 radical (unpaired) electrons. The van der Waals surface area contributed by atoms with E-state index < -0.39 is 12.2 Å². The molecule has 1 aliphatic rings. The van der Waals surface area contributed by atoms with Gasteiger partial charge in [0.15, 0.2) is 5.78 Å². The molecule has 1 aliphatic heterocycles. The SMILES string of the molecule is CC(=O)C1OC1c1cccc(Cl)c1C(=O)Nc1ccccc1. The van der Waals surface area contributed by atoms with E-state index in [4.69, 9.17) is 16.3 Å². The third kappa shape index (κ3) is 2.89. The van der Waals surface area contributed by atoms with Crippen LogP contribution in [0.5, 0.6) is 0 Å². The molecule has 0 aliphatic carbocycles. The molecule has 1 heterocycles. The fourth-order valence-electron chi connectivity index (χ4n) is 2.39. The Morgan fingerprint density at radius 3 is 2.45 bits per heavy atom. The van der Waals surface area contributed by atoms with E-state index in [1.165, 1.54) is 6.92 Å². The molecule has 5 heteroatoms. The van der Waals surface area contributed by atoms with Gasteiger partial charge in [-0.3, -0.25) is 9.59 Å². The minimum absolute atomic E-state index is 0.0561. The Hall–Kier alpha value is -2.17. The monoisotopic (exact) mass is 315 g/mol. The fourth-order valence-corrected chi connectivity index (χ4v) is 2.66. The van der Waals surface area contributed by atoms with E-state index in [9.17, 15) is 9.59 Å². The van der Waals surface area contributed by atoms with Crippen LogP contribution < -0.4 is 5.32 Å². The van der Waals surface area contributed by atoms with Crippen molar-refractivity contribution in [2.45, 2.75) is 19.1 Å². The van der Waals surface area contributed by atoms with Gasteiger partial charge in [-0.25, -0.2) is 0 Å². The maximum atomic E-state index is 12.5. The third-order valence-electron chi connectivity index (χ3n) is 3.50. The summed E-state index contributed by atoms with van der Waals surface area (Å²) in [6, 6.07) is 14.3. The molecule has 4 nitrogen and oxygen atoms in total. The number of hydrogen-bond donors (Lipinski definition) is 1. The van der Waals surface area contributed by atoms with Crippen LogP contribution in [0.2, 0.25) is 5.02 Å². The Kier molecular flexibility index (Phi) is 3.96. The van der Waals surface area contributed by atoms with Gasteiger partial charge >= 0.3 is 0 Å². The van der Waals surface area contributed by atoms with Crippen molar-refractivity contribution in [1.29, 1.82) is 0 Å². The zero-order chi connectivity index (χ0) is 15.7. The van der Waals surface area contributed by atoms with Crippen molar-refractivity contribution >= 4 is 29.0 Å². The summed E-state index contributed by atoms with van der Waals surface area (Å²) in [6.07, 6.45) is -0.880. The highest BCUT2D eigenvalue weighted by Crippen LogP contribution is 2.42. The molecule has 1 amide bonds. The molecule has 2 aromatic rings. The van der Waals surface area contributed by atoms with Crippen molar-refractivity contribution in [3.63, 3.8) is 0 Å². The molecular formula is C17H14ClNO3. The standard InChI is InChI=1S/C17H14ClNO3/c1-10(20)15-16(22-15)12-8-5-9-13(18)14(12)17(21)19-11-6-3-2-4-7-11/h2-9,15-16H,1H3,(H,19,21). The minimum atomic E-state index is -0.484. The number of amides is 1. The number of rotatable bonds is 4. The number of carbonyl (C=O) groups is 2. The maximum Gasteiger partial charge on any atom is 0.257 e. The zero-order valence-electron chi connectivity index (χ0n) is 11.9. The summed E-state index contributed by atoms with van der Waals surface area (Å²) >= 11 is 6.19. The number of nitrogens with one attached hydrogen (secondary N) is 1. The zero-order valence-corrected chi connectivity index (χ0v) is 12.6. The number of ether oxygens (including phenoxy) is 1. The van der Waals surface area contributed by atoms with E-state index in [1.54, 1.807) is 30.3 Å². The topological polar surface area (TPSA) is 58.7 Å². The Morgan fingerprint density at radius 1 is 1.09 bits per heavy atom. The molecule has 0 bridgehead atoms. The van der Waals surface area contributed by atoms with Gasteiger partial charge in [-0.15, -0.1) is 0 Å². The number of Topliss-reactive ketones (excluding diaryl/α,β-unsaturated/α-hetero) is 1. The average molecular weight is 316 g/mol. The highest BCUT2D eigenvalue weighted by molar-refractivity contribution is 6.34. The molecule has 1 N–H and O–H groups in total. The van der Waals surface area contributed by atoms with Crippen LogP contribution in [-0.4, -0.2) is 17.8 Å². The normalized spacial score (nSPS) is 19.5. The number of para-hydroxylation sites is 1. The van der Waals surface area contributed by atoms with Crippen molar-refractivity contribution < 1.29 is 14.3 Å². The van der Waals surface area contributed by atoms with E-state index in [-0.39, 0.29) is 11.7 Å². The third-order valence-corrected chi connectivity index (χ3v) is 3.82. The molecule has 1 saturated heterocycles. The van der Waals surface area contributed by atoms with Gasteiger partial charge in [0.2, 0.25) is 0 Å². The van der Waals surface area contributed by atoms with Gasteiger partial charge in [-0.05, 0) is 30.7 Å². The van der Waals surface area contributed by atoms with Gasteiger partial charge < -0.3 is 10.1 Å². The van der Waals surface area contributed by atoms with Gasteiger partial charge in [0.25, 0.3) is 5.91 Å². The van der Waals surface area contributed by atoms with Gasteiger partial charge in [0, 0.05) is 5.69 Å². The average Bonchev–Trinajstić information content (AvgIpc) is 3.28. The van der Waals surface area contributed by atoms with Crippen LogP contribution in [0.25, 0.3) is 0 Å². The molecular weight excluding hydrogens is 302 g/mol. The van der Waals surface area contributed by atoms with Crippen LogP contribution in [0.1, 0.15) is 28.9 Å². The first kappa shape index (κ1) is 14.8. The summed E-state index contributed by atoms with van der Waals surface area (Å²) < 4.78 is 5.37. The summed E-state index contributed by atoms with van der Waals surface area (Å²) in [7, 11) is 0. The van der Waals surface area contributed by atoms with E-state index >= 15 is 0 Å². The Balaban J connectivity index is 1.90. The summed E-state index contributed by atoms with van der Waals surface area (Å²) in [5.41, 5.74) is 1.67. The van der Waals surface area contributed by atoms with Crippen molar-refractivity contribution in [2.75, 3.05) is 5.32 Å². The molecule has 2 unspecified atom stereocenters. The second-order valence-electron chi connectivity index (χ2n) is 5.11. The van der Waals surface area contributed by atoms with Gasteiger partial charge in [-0.1, -0.05) is 41.9 Å². The quantitative estimate of drug-likeness (QED) is 0.877. The van der Waals surface area contributed by atoms with Gasteiger partial charge in [-0.2, -0.15) is 0 Å². The molecule has 2 atom stereocenters. The smallest absolute Gasteiger partial charge is 0.257 e. The lowest BCUT2D eigenvalue weighted by molar-refractivity contribution is -0.118. The molecule has 112 valence electrons. The largest absolute Gasteiger partial charge is 0.356 e. The first-order chi connectivity index (χ1) is 10.6. The number of carbonyl (C=O) groups excluding carboxylic acids is 2. The number of halogens is 1. The predicted octanol–water partition coefficient (Wildman–Crippen LogP) is 3.62. The van der Waals surface area contributed by atoms with E-state index in [2.05, 4.69) is 5.32 Å². The Labute approximate surface area is 133 Å². The first-order valence-corrected chi connectivity index (χ1v) is 7.26. The van der Waals surface area contributed by atoms with Crippen molar-refractivity contribution in [3.05, 3.63) is 64.7 Å². The highest BCUT2D eigenvalue weighted by Gasteiger charge is 2.45. The summed E-state index contributed by atoms with van der Waals surface area (Å²) in [5.74, 6) is -0.371. The molecule has 22 heavy (non-hydrogen) atoms. The second kappa shape index (κ2) is 5.91.